The topological polar surface area (TPSA) is 92.8 Å². The van der Waals surface area contributed by atoms with Crippen molar-refractivity contribution in [2.45, 2.75) is 19.4 Å². The first-order valence-electron chi connectivity index (χ1n) is 10.5. The number of hydrogen-bond donors (Lipinski definition) is 1. The van der Waals surface area contributed by atoms with E-state index in [1.165, 1.54) is 13.1 Å². The van der Waals surface area contributed by atoms with E-state index in [2.05, 4.69) is 5.32 Å². The van der Waals surface area contributed by atoms with Crippen molar-refractivity contribution < 1.29 is 22.7 Å². The van der Waals surface area contributed by atoms with Crippen molar-refractivity contribution in [3.63, 3.8) is 0 Å². The summed E-state index contributed by atoms with van der Waals surface area (Å²) in [6.07, 6.45) is 0.642. The molecule has 1 atom stereocenters. The van der Waals surface area contributed by atoms with E-state index in [9.17, 15) is 18.0 Å². The van der Waals surface area contributed by atoms with Gasteiger partial charge in [-0.3, -0.25) is 13.9 Å². The highest BCUT2D eigenvalue weighted by molar-refractivity contribution is 7.92. The van der Waals surface area contributed by atoms with Crippen LogP contribution in [0.4, 0.5) is 11.4 Å². The molecule has 7 nitrogen and oxygen atoms in total. The predicted octanol–water partition coefficient (Wildman–Crippen LogP) is 4.76. The van der Waals surface area contributed by atoms with Gasteiger partial charge in [0, 0.05) is 23.2 Å². The summed E-state index contributed by atoms with van der Waals surface area (Å²) in [7, 11) is -1.94. The maximum absolute atomic E-state index is 13.0. The molecule has 1 amide bonds. The van der Waals surface area contributed by atoms with Gasteiger partial charge < -0.3 is 10.1 Å². The molecule has 3 aromatic rings. The molecule has 0 fully saturated rings. The molecular weight excluding hydrogens is 476 g/mol. The Kier molecular flexibility index (Phi) is 7.96. The van der Waals surface area contributed by atoms with E-state index >= 15 is 0 Å². The van der Waals surface area contributed by atoms with E-state index < -0.39 is 22.0 Å². The second-order valence-electron chi connectivity index (χ2n) is 7.61. The number of nitrogens with zero attached hydrogens (tertiary/aromatic N) is 1. The summed E-state index contributed by atoms with van der Waals surface area (Å²) < 4.78 is 30.4. The highest BCUT2D eigenvalue weighted by atomic mass is 35.5. The zero-order valence-corrected chi connectivity index (χ0v) is 20.6. The number of amides is 1. The highest BCUT2D eigenvalue weighted by Crippen LogP contribution is 2.25. The van der Waals surface area contributed by atoms with E-state index in [-0.39, 0.29) is 11.3 Å². The normalized spacial score (nSPS) is 12.0. The van der Waals surface area contributed by atoms with Crippen LogP contribution in [-0.4, -0.2) is 39.5 Å². The van der Waals surface area contributed by atoms with Crippen molar-refractivity contribution in [2.24, 2.45) is 0 Å². The van der Waals surface area contributed by atoms with Crippen molar-refractivity contribution in [3.05, 3.63) is 88.9 Å². The summed E-state index contributed by atoms with van der Waals surface area (Å²) in [6.45, 7) is 1.80. The predicted molar refractivity (Wildman–Crippen MR) is 134 cm³/mol. The van der Waals surface area contributed by atoms with E-state index in [0.717, 1.165) is 10.6 Å². The first-order valence-corrected chi connectivity index (χ1v) is 12.7. The molecule has 9 heteroatoms. The standard InChI is InChI=1S/C25H25ClN2O5S/c1-4-23(33-20-13-11-19(12-14-20)28(2)34(3,31)32)25(30)27-22-15-10-18(26)16-21(22)24(29)17-8-6-5-7-9-17/h5-16,23H,4H2,1-3H3,(H,27,30). The van der Waals surface area contributed by atoms with Gasteiger partial charge >= 0.3 is 0 Å². The van der Waals surface area contributed by atoms with Crippen molar-refractivity contribution in [2.75, 3.05) is 22.9 Å². The van der Waals surface area contributed by atoms with Crippen LogP contribution in [-0.2, 0) is 14.8 Å². The van der Waals surface area contributed by atoms with Gasteiger partial charge in [-0.05, 0) is 48.9 Å². The molecular formula is C25H25ClN2O5S. The SMILES string of the molecule is CCC(Oc1ccc(N(C)S(C)(=O)=O)cc1)C(=O)Nc1ccc(Cl)cc1C(=O)c1ccccc1. The van der Waals surface area contributed by atoms with Gasteiger partial charge in [-0.1, -0.05) is 48.9 Å². The summed E-state index contributed by atoms with van der Waals surface area (Å²) in [5, 5.41) is 3.15. The van der Waals surface area contributed by atoms with Gasteiger partial charge in [0.2, 0.25) is 10.0 Å². The molecule has 0 aliphatic carbocycles. The van der Waals surface area contributed by atoms with Crippen molar-refractivity contribution in [1.29, 1.82) is 0 Å². The van der Waals surface area contributed by atoms with Crippen LogP contribution in [0.15, 0.2) is 72.8 Å². The van der Waals surface area contributed by atoms with Gasteiger partial charge in [-0.2, -0.15) is 0 Å². The lowest BCUT2D eigenvalue weighted by molar-refractivity contribution is -0.122. The van der Waals surface area contributed by atoms with Crippen LogP contribution < -0.4 is 14.4 Å². The number of sulfonamides is 1. The zero-order valence-electron chi connectivity index (χ0n) is 19.0. The molecule has 0 aliphatic heterocycles. The van der Waals surface area contributed by atoms with Crippen molar-refractivity contribution >= 4 is 44.7 Å². The number of anilines is 2. The second kappa shape index (κ2) is 10.7. The first-order chi connectivity index (χ1) is 16.1. The molecule has 0 radical (unpaired) electrons. The van der Waals surface area contributed by atoms with Crippen LogP contribution >= 0.6 is 11.6 Å². The number of halogens is 1. The number of ether oxygens (including phenoxy) is 1. The van der Waals surface area contributed by atoms with Gasteiger partial charge in [-0.15, -0.1) is 0 Å². The molecule has 0 saturated heterocycles. The van der Waals surface area contributed by atoms with E-state index in [4.69, 9.17) is 16.3 Å². The third-order valence-electron chi connectivity index (χ3n) is 5.16. The van der Waals surface area contributed by atoms with Gasteiger partial charge in [0.15, 0.2) is 11.9 Å². The lowest BCUT2D eigenvalue weighted by Crippen LogP contribution is -2.33. The average Bonchev–Trinajstić information content (AvgIpc) is 2.83. The highest BCUT2D eigenvalue weighted by Gasteiger charge is 2.22. The molecule has 0 aromatic heterocycles. The van der Waals surface area contributed by atoms with Gasteiger partial charge in [0.05, 0.1) is 17.6 Å². The molecule has 0 saturated carbocycles. The summed E-state index contributed by atoms with van der Waals surface area (Å²) in [5.74, 6) is -0.286. The van der Waals surface area contributed by atoms with Crippen LogP contribution in [0.1, 0.15) is 29.3 Å². The minimum absolute atomic E-state index is 0.266. The molecule has 0 spiro atoms. The number of carbonyl (C=O) groups excluding carboxylic acids is 2. The summed E-state index contributed by atoms with van der Waals surface area (Å²) in [5.41, 5.74) is 1.55. The number of rotatable bonds is 9. The first kappa shape index (κ1) is 25.3. The molecule has 3 rings (SSSR count). The molecule has 0 heterocycles. The minimum atomic E-state index is -3.39. The minimum Gasteiger partial charge on any atom is -0.481 e. The van der Waals surface area contributed by atoms with Gasteiger partial charge in [0.25, 0.3) is 5.91 Å². The fraction of sp³-hybridized carbons (Fsp3) is 0.200. The Balaban J connectivity index is 1.77. The Morgan fingerprint density at radius 1 is 1.03 bits per heavy atom. The van der Waals surface area contributed by atoms with Gasteiger partial charge in [0.1, 0.15) is 5.75 Å². The summed E-state index contributed by atoms with van der Waals surface area (Å²) in [6, 6.07) is 19.8. The van der Waals surface area contributed by atoms with E-state index in [0.29, 0.717) is 34.1 Å². The van der Waals surface area contributed by atoms with Crippen LogP contribution in [0.2, 0.25) is 5.02 Å². The van der Waals surface area contributed by atoms with Crippen LogP contribution in [0.3, 0.4) is 0 Å². The van der Waals surface area contributed by atoms with Crippen LogP contribution in [0.5, 0.6) is 5.75 Å². The third-order valence-corrected chi connectivity index (χ3v) is 6.60. The lowest BCUT2D eigenvalue weighted by Gasteiger charge is -2.20. The summed E-state index contributed by atoms with van der Waals surface area (Å²) in [4.78, 5) is 26.0. The molecule has 0 aliphatic rings. The van der Waals surface area contributed by atoms with E-state index in [1.54, 1.807) is 67.6 Å². The Labute approximate surface area is 204 Å². The number of carbonyl (C=O) groups is 2. The molecule has 1 unspecified atom stereocenters. The average molecular weight is 501 g/mol. The van der Waals surface area contributed by atoms with Gasteiger partial charge in [-0.25, -0.2) is 8.42 Å². The molecule has 178 valence electrons. The number of hydrogen-bond acceptors (Lipinski definition) is 5. The Morgan fingerprint density at radius 3 is 2.26 bits per heavy atom. The largest absolute Gasteiger partial charge is 0.481 e. The zero-order chi connectivity index (χ0) is 24.9. The quantitative estimate of drug-likeness (QED) is 0.427. The van der Waals surface area contributed by atoms with Crippen molar-refractivity contribution in [1.82, 2.24) is 0 Å². The van der Waals surface area contributed by atoms with Crippen LogP contribution in [0, 0.1) is 0 Å². The van der Waals surface area contributed by atoms with Crippen LogP contribution in [0.25, 0.3) is 0 Å². The molecule has 1 N–H and O–H groups in total. The third kappa shape index (κ3) is 6.15. The number of benzene rings is 3. The second-order valence-corrected chi connectivity index (χ2v) is 10.1. The Morgan fingerprint density at radius 2 is 1.68 bits per heavy atom. The Hall–Kier alpha value is -3.36. The monoisotopic (exact) mass is 500 g/mol. The smallest absolute Gasteiger partial charge is 0.265 e. The fourth-order valence-electron chi connectivity index (χ4n) is 3.18. The van der Waals surface area contributed by atoms with Crippen molar-refractivity contribution in [3.8, 4) is 5.75 Å². The molecule has 3 aromatic carbocycles. The molecule has 34 heavy (non-hydrogen) atoms. The Bertz CT molecular complexity index is 1280. The lowest BCUT2D eigenvalue weighted by atomic mass is 10.0. The number of nitrogens with one attached hydrogen (secondary N) is 1. The maximum Gasteiger partial charge on any atom is 0.265 e. The summed E-state index contributed by atoms with van der Waals surface area (Å²) >= 11 is 6.11. The maximum atomic E-state index is 13.0. The molecule has 0 bridgehead atoms. The van der Waals surface area contributed by atoms with E-state index in [1.807, 2.05) is 6.07 Å². The fourth-order valence-corrected chi connectivity index (χ4v) is 3.86. The number of ketones is 1.